The van der Waals surface area contributed by atoms with E-state index in [4.69, 9.17) is 11.6 Å². The van der Waals surface area contributed by atoms with Crippen molar-refractivity contribution in [2.45, 2.75) is 0 Å². The molecule has 3 rings (SSSR count). The second-order valence-electron chi connectivity index (χ2n) is 4.74. The van der Waals surface area contributed by atoms with Crippen molar-refractivity contribution in [3.63, 3.8) is 0 Å². The topological polar surface area (TPSA) is 66.9 Å². The quantitative estimate of drug-likeness (QED) is 0.757. The zero-order valence-electron chi connectivity index (χ0n) is 12.0. The molecule has 0 fully saturated rings. The summed E-state index contributed by atoms with van der Waals surface area (Å²) in [4.78, 5) is 20.4. The summed E-state index contributed by atoms with van der Waals surface area (Å²) in [5, 5.41) is 6.49. The lowest BCUT2D eigenvalue weighted by molar-refractivity contribution is 0.102. The van der Waals surface area contributed by atoms with Crippen LogP contribution in [0.3, 0.4) is 0 Å². The summed E-state index contributed by atoms with van der Waals surface area (Å²) in [5.74, 6) is 0.235. The minimum Gasteiger partial charge on any atom is -0.340 e. The Morgan fingerprint density at radius 1 is 0.913 bits per heavy atom. The van der Waals surface area contributed by atoms with Crippen molar-refractivity contribution in [3.8, 4) is 0 Å². The first kappa shape index (κ1) is 15.0. The molecule has 1 aromatic heterocycles. The van der Waals surface area contributed by atoms with Gasteiger partial charge in [-0.05, 0) is 36.4 Å². The Morgan fingerprint density at radius 3 is 2.39 bits per heavy atom. The Hall–Kier alpha value is -2.92. The number of rotatable bonds is 4. The summed E-state index contributed by atoms with van der Waals surface area (Å²) in [5.41, 5.74) is 1.80. The van der Waals surface area contributed by atoms with Crippen molar-refractivity contribution in [1.29, 1.82) is 0 Å². The SMILES string of the molecule is O=C(Nc1ccc(Cl)cc1)c1cc(Nc2ccccc2)ncn1. The Morgan fingerprint density at radius 2 is 1.65 bits per heavy atom. The number of hydrogen-bond donors (Lipinski definition) is 2. The lowest BCUT2D eigenvalue weighted by atomic mass is 10.3. The number of carbonyl (C=O) groups is 1. The van der Waals surface area contributed by atoms with E-state index in [0.717, 1.165) is 5.69 Å². The van der Waals surface area contributed by atoms with E-state index >= 15 is 0 Å². The number of benzene rings is 2. The maximum atomic E-state index is 12.2. The number of hydrogen-bond acceptors (Lipinski definition) is 4. The van der Waals surface area contributed by atoms with E-state index in [-0.39, 0.29) is 11.6 Å². The largest absolute Gasteiger partial charge is 0.340 e. The van der Waals surface area contributed by atoms with Gasteiger partial charge < -0.3 is 10.6 Å². The molecule has 114 valence electrons. The van der Waals surface area contributed by atoms with E-state index in [9.17, 15) is 4.79 Å². The molecule has 5 nitrogen and oxygen atoms in total. The molecule has 0 unspecified atom stereocenters. The molecule has 0 aliphatic rings. The van der Waals surface area contributed by atoms with Crippen molar-refractivity contribution in [3.05, 3.63) is 77.7 Å². The lowest BCUT2D eigenvalue weighted by Crippen LogP contribution is -2.14. The Kier molecular flexibility index (Phi) is 4.49. The average Bonchev–Trinajstić information content (AvgIpc) is 2.58. The van der Waals surface area contributed by atoms with E-state index in [0.29, 0.717) is 16.5 Å². The van der Waals surface area contributed by atoms with Crippen molar-refractivity contribution < 1.29 is 4.79 Å². The highest BCUT2D eigenvalue weighted by Crippen LogP contribution is 2.16. The van der Waals surface area contributed by atoms with Gasteiger partial charge in [-0.3, -0.25) is 4.79 Å². The van der Waals surface area contributed by atoms with E-state index in [1.165, 1.54) is 6.33 Å². The van der Waals surface area contributed by atoms with Crippen LogP contribution in [-0.4, -0.2) is 15.9 Å². The molecular weight excluding hydrogens is 312 g/mol. The van der Waals surface area contributed by atoms with Gasteiger partial charge in [-0.25, -0.2) is 9.97 Å². The second kappa shape index (κ2) is 6.89. The fraction of sp³-hybridized carbons (Fsp3) is 0. The normalized spacial score (nSPS) is 10.1. The number of anilines is 3. The predicted octanol–water partition coefficient (Wildman–Crippen LogP) is 4.13. The molecule has 0 saturated heterocycles. The highest BCUT2D eigenvalue weighted by Gasteiger charge is 2.09. The Labute approximate surface area is 138 Å². The third-order valence-corrected chi connectivity index (χ3v) is 3.30. The highest BCUT2D eigenvalue weighted by atomic mass is 35.5. The third-order valence-electron chi connectivity index (χ3n) is 3.05. The number of nitrogens with one attached hydrogen (secondary N) is 2. The van der Waals surface area contributed by atoms with E-state index < -0.39 is 0 Å². The van der Waals surface area contributed by atoms with Crippen LogP contribution in [0.5, 0.6) is 0 Å². The van der Waals surface area contributed by atoms with Gasteiger partial charge in [0.1, 0.15) is 17.8 Å². The van der Waals surface area contributed by atoms with Gasteiger partial charge in [-0.1, -0.05) is 29.8 Å². The minimum absolute atomic E-state index is 0.272. The van der Waals surface area contributed by atoms with Crippen molar-refractivity contribution in [2.24, 2.45) is 0 Å². The van der Waals surface area contributed by atoms with Gasteiger partial charge in [0.2, 0.25) is 0 Å². The first-order valence-corrected chi connectivity index (χ1v) is 7.29. The third kappa shape index (κ3) is 4.05. The molecular formula is C17H13ClN4O. The van der Waals surface area contributed by atoms with Crippen LogP contribution in [0.2, 0.25) is 5.02 Å². The van der Waals surface area contributed by atoms with Gasteiger partial charge in [0.15, 0.2) is 0 Å². The Balaban J connectivity index is 1.73. The maximum Gasteiger partial charge on any atom is 0.274 e. The van der Waals surface area contributed by atoms with Gasteiger partial charge in [-0.15, -0.1) is 0 Å². The number of aromatic nitrogens is 2. The molecule has 0 saturated carbocycles. The van der Waals surface area contributed by atoms with Crippen molar-refractivity contribution >= 4 is 34.7 Å². The maximum absolute atomic E-state index is 12.2. The number of amides is 1. The van der Waals surface area contributed by atoms with Crippen LogP contribution in [0.25, 0.3) is 0 Å². The Bertz CT molecular complexity index is 806. The fourth-order valence-corrected chi connectivity index (χ4v) is 2.07. The van der Waals surface area contributed by atoms with Crippen molar-refractivity contribution in [1.82, 2.24) is 9.97 Å². The summed E-state index contributed by atoms with van der Waals surface area (Å²) < 4.78 is 0. The molecule has 2 aromatic carbocycles. The summed E-state index contributed by atoms with van der Waals surface area (Å²) in [6.45, 7) is 0. The molecule has 0 atom stereocenters. The van der Waals surface area contributed by atoms with Crippen LogP contribution in [0.4, 0.5) is 17.2 Å². The molecule has 2 N–H and O–H groups in total. The first-order chi connectivity index (χ1) is 11.2. The zero-order valence-corrected chi connectivity index (χ0v) is 12.8. The second-order valence-corrected chi connectivity index (χ2v) is 5.18. The summed E-state index contributed by atoms with van der Waals surface area (Å²) >= 11 is 5.82. The molecule has 0 aliphatic heterocycles. The molecule has 23 heavy (non-hydrogen) atoms. The van der Waals surface area contributed by atoms with Crippen molar-refractivity contribution in [2.75, 3.05) is 10.6 Å². The molecule has 1 amide bonds. The molecule has 0 aliphatic carbocycles. The number of halogens is 1. The van der Waals surface area contributed by atoms with Gasteiger partial charge in [-0.2, -0.15) is 0 Å². The predicted molar refractivity (Wildman–Crippen MR) is 91.2 cm³/mol. The molecule has 6 heteroatoms. The number of nitrogens with zero attached hydrogens (tertiary/aromatic N) is 2. The van der Waals surface area contributed by atoms with Crippen LogP contribution < -0.4 is 10.6 Å². The summed E-state index contributed by atoms with van der Waals surface area (Å²) in [6.07, 6.45) is 1.35. The standard InChI is InChI=1S/C17H13ClN4O/c18-12-6-8-14(9-7-12)22-17(23)15-10-16(20-11-19-15)21-13-4-2-1-3-5-13/h1-11H,(H,22,23)(H,19,20,21). The fourth-order valence-electron chi connectivity index (χ4n) is 1.95. The van der Waals surface area contributed by atoms with E-state index in [2.05, 4.69) is 20.6 Å². The van der Waals surface area contributed by atoms with E-state index in [1.54, 1.807) is 30.3 Å². The molecule has 0 spiro atoms. The van der Waals surface area contributed by atoms with Crippen LogP contribution >= 0.6 is 11.6 Å². The van der Waals surface area contributed by atoms with Gasteiger partial charge >= 0.3 is 0 Å². The van der Waals surface area contributed by atoms with E-state index in [1.807, 2.05) is 30.3 Å². The van der Waals surface area contributed by atoms with Gasteiger partial charge in [0, 0.05) is 22.5 Å². The molecule has 0 bridgehead atoms. The monoisotopic (exact) mass is 324 g/mol. The molecule has 3 aromatic rings. The molecule has 1 heterocycles. The highest BCUT2D eigenvalue weighted by molar-refractivity contribution is 6.30. The van der Waals surface area contributed by atoms with Crippen LogP contribution in [0, 0.1) is 0 Å². The summed E-state index contributed by atoms with van der Waals surface area (Å²) in [7, 11) is 0. The van der Waals surface area contributed by atoms with Crippen LogP contribution in [0.1, 0.15) is 10.5 Å². The summed E-state index contributed by atoms with van der Waals surface area (Å²) in [6, 6.07) is 18.0. The first-order valence-electron chi connectivity index (χ1n) is 6.92. The van der Waals surface area contributed by atoms with Gasteiger partial charge in [0.05, 0.1) is 0 Å². The number of carbonyl (C=O) groups excluding carboxylic acids is 1. The smallest absolute Gasteiger partial charge is 0.274 e. The molecule has 0 radical (unpaired) electrons. The number of para-hydroxylation sites is 1. The average molecular weight is 325 g/mol. The van der Waals surface area contributed by atoms with Crippen LogP contribution in [0.15, 0.2) is 67.0 Å². The minimum atomic E-state index is -0.314. The zero-order chi connectivity index (χ0) is 16.1. The van der Waals surface area contributed by atoms with Crippen LogP contribution in [-0.2, 0) is 0 Å². The van der Waals surface area contributed by atoms with Gasteiger partial charge in [0.25, 0.3) is 5.91 Å². The lowest BCUT2D eigenvalue weighted by Gasteiger charge is -2.07.